The third kappa shape index (κ3) is 2.41. The Morgan fingerprint density at radius 2 is 1.79 bits per heavy atom. The molecular weight excluding hydrogens is 234 g/mol. The molecule has 19 heavy (non-hydrogen) atoms. The third-order valence-electron chi connectivity index (χ3n) is 3.10. The first kappa shape index (κ1) is 11.7. The zero-order valence-electron chi connectivity index (χ0n) is 10.5. The minimum atomic E-state index is 0.556. The van der Waals surface area contributed by atoms with Crippen molar-refractivity contribution in [1.29, 1.82) is 0 Å². The highest BCUT2D eigenvalue weighted by Gasteiger charge is 2.03. The van der Waals surface area contributed by atoms with Gasteiger partial charge in [-0.1, -0.05) is 36.4 Å². The molecule has 2 N–H and O–H groups in total. The van der Waals surface area contributed by atoms with Gasteiger partial charge in [0.2, 0.25) is 0 Å². The lowest BCUT2D eigenvalue weighted by molar-refractivity contribution is 0.881. The smallest absolute Gasteiger partial charge is 0.0645 e. The Hall–Kier alpha value is -2.39. The lowest BCUT2D eigenvalue weighted by Crippen LogP contribution is -1.95. The van der Waals surface area contributed by atoms with E-state index in [1.165, 1.54) is 0 Å². The van der Waals surface area contributed by atoms with E-state index in [9.17, 15) is 0 Å². The maximum atomic E-state index is 5.67. The summed E-state index contributed by atoms with van der Waals surface area (Å²) in [7, 11) is 0. The lowest BCUT2D eigenvalue weighted by atomic mass is 10.1. The molecule has 0 bridgehead atoms. The zero-order valence-corrected chi connectivity index (χ0v) is 10.5. The second-order valence-electron chi connectivity index (χ2n) is 4.41. The maximum absolute atomic E-state index is 5.67. The van der Waals surface area contributed by atoms with Crippen molar-refractivity contribution in [1.82, 2.24) is 9.78 Å². The summed E-state index contributed by atoms with van der Waals surface area (Å²) in [4.78, 5) is 0. The van der Waals surface area contributed by atoms with Crippen LogP contribution in [0.15, 0.2) is 67.0 Å². The molecule has 1 heterocycles. The van der Waals surface area contributed by atoms with Gasteiger partial charge in [-0.3, -0.25) is 0 Å². The van der Waals surface area contributed by atoms with Gasteiger partial charge in [-0.2, -0.15) is 5.10 Å². The molecule has 0 aliphatic rings. The van der Waals surface area contributed by atoms with Gasteiger partial charge in [-0.15, -0.1) is 0 Å². The molecule has 0 unspecified atom stereocenters. The number of nitrogens with zero attached hydrogens (tertiary/aromatic N) is 2. The lowest BCUT2D eigenvalue weighted by Gasteiger charge is -2.01. The van der Waals surface area contributed by atoms with E-state index in [1.54, 1.807) is 0 Å². The Bertz CT molecular complexity index is 671. The normalized spacial score (nSPS) is 10.6. The van der Waals surface area contributed by atoms with E-state index in [1.807, 2.05) is 59.5 Å². The van der Waals surface area contributed by atoms with Gasteiger partial charge < -0.3 is 5.73 Å². The first-order valence-electron chi connectivity index (χ1n) is 6.26. The molecule has 2 aromatic carbocycles. The van der Waals surface area contributed by atoms with Crippen LogP contribution in [0.2, 0.25) is 0 Å². The standard InChI is InChI=1S/C16H15N3/c17-10-13-5-4-6-14(9-13)15-11-18-19(12-15)16-7-2-1-3-8-16/h1-9,11-12H,10,17H2. The maximum Gasteiger partial charge on any atom is 0.0645 e. The van der Waals surface area contributed by atoms with Gasteiger partial charge in [0.1, 0.15) is 0 Å². The van der Waals surface area contributed by atoms with Crippen molar-refractivity contribution < 1.29 is 0 Å². The monoisotopic (exact) mass is 249 g/mol. The predicted molar refractivity (Wildman–Crippen MR) is 76.9 cm³/mol. The average molecular weight is 249 g/mol. The predicted octanol–water partition coefficient (Wildman–Crippen LogP) is 3.00. The molecule has 0 atom stereocenters. The van der Waals surface area contributed by atoms with Crippen LogP contribution in [0.4, 0.5) is 0 Å². The van der Waals surface area contributed by atoms with E-state index in [4.69, 9.17) is 5.73 Å². The van der Waals surface area contributed by atoms with Crippen molar-refractivity contribution in [2.24, 2.45) is 5.73 Å². The summed E-state index contributed by atoms with van der Waals surface area (Å²) in [5, 5.41) is 4.40. The molecule has 0 aliphatic carbocycles. The number of nitrogens with two attached hydrogens (primary N) is 1. The van der Waals surface area contributed by atoms with Gasteiger partial charge in [0.05, 0.1) is 11.9 Å². The van der Waals surface area contributed by atoms with Crippen LogP contribution in [0, 0.1) is 0 Å². The summed E-state index contributed by atoms with van der Waals surface area (Å²) < 4.78 is 1.88. The fraction of sp³-hybridized carbons (Fsp3) is 0.0625. The molecule has 0 amide bonds. The molecule has 0 aliphatic heterocycles. The summed E-state index contributed by atoms with van der Waals surface area (Å²) in [6, 6.07) is 18.3. The zero-order chi connectivity index (χ0) is 13.1. The molecule has 3 heteroatoms. The molecule has 3 aromatic rings. The van der Waals surface area contributed by atoms with Crippen LogP contribution < -0.4 is 5.73 Å². The van der Waals surface area contributed by atoms with Crippen LogP contribution >= 0.6 is 0 Å². The van der Waals surface area contributed by atoms with Crippen molar-refractivity contribution in [2.75, 3.05) is 0 Å². The highest BCUT2D eigenvalue weighted by molar-refractivity contribution is 5.63. The van der Waals surface area contributed by atoms with E-state index in [-0.39, 0.29) is 0 Å². The van der Waals surface area contributed by atoms with E-state index in [0.29, 0.717) is 6.54 Å². The molecule has 94 valence electrons. The molecule has 0 fully saturated rings. The van der Waals surface area contributed by atoms with E-state index in [2.05, 4.69) is 17.2 Å². The fourth-order valence-electron chi connectivity index (χ4n) is 2.07. The molecule has 3 nitrogen and oxygen atoms in total. The summed E-state index contributed by atoms with van der Waals surface area (Å²) in [6.45, 7) is 0.556. The van der Waals surface area contributed by atoms with Crippen LogP contribution in [-0.2, 0) is 6.54 Å². The van der Waals surface area contributed by atoms with Crippen LogP contribution in [0.25, 0.3) is 16.8 Å². The largest absolute Gasteiger partial charge is 0.326 e. The molecule has 1 aromatic heterocycles. The van der Waals surface area contributed by atoms with E-state index < -0.39 is 0 Å². The highest BCUT2D eigenvalue weighted by Crippen LogP contribution is 2.21. The molecule has 0 saturated carbocycles. The van der Waals surface area contributed by atoms with Crippen molar-refractivity contribution in [3.63, 3.8) is 0 Å². The fourth-order valence-corrected chi connectivity index (χ4v) is 2.07. The van der Waals surface area contributed by atoms with Crippen molar-refractivity contribution in [3.05, 3.63) is 72.6 Å². The van der Waals surface area contributed by atoms with Crippen molar-refractivity contribution >= 4 is 0 Å². The van der Waals surface area contributed by atoms with Gasteiger partial charge in [-0.25, -0.2) is 4.68 Å². The molecule has 0 spiro atoms. The average Bonchev–Trinajstić information content (AvgIpc) is 2.98. The number of hydrogen-bond acceptors (Lipinski definition) is 2. The van der Waals surface area contributed by atoms with Crippen LogP contribution in [0.5, 0.6) is 0 Å². The van der Waals surface area contributed by atoms with Gasteiger partial charge in [0.15, 0.2) is 0 Å². The Labute approximate surface area is 112 Å². The Kier molecular flexibility index (Phi) is 3.12. The van der Waals surface area contributed by atoms with Gasteiger partial charge >= 0.3 is 0 Å². The molecule has 3 rings (SSSR count). The number of aromatic nitrogens is 2. The second kappa shape index (κ2) is 5.08. The Morgan fingerprint density at radius 1 is 0.947 bits per heavy atom. The molecule has 0 saturated heterocycles. The quantitative estimate of drug-likeness (QED) is 0.775. The highest BCUT2D eigenvalue weighted by atomic mass is 15.3. The number of para-hydroxylation sites is 1. The van der Waals surface area contributed by atoms with E-state index >= 15 is 0 Å². The van der Waals surface area contributed by atoms with Crippen molar-refractivity contribution in [2.45, 2.75) is 6.54 Å². The Morgan fingerprint density at radius 3 is 2.58 bits per heavy atom. The second-order valence-corrected chi connectivity index (χ2v) is 4.41. The molecule has 0 radical (unpaired) electrons. The number of benzene rings is 2. The topological polar surface area (TPSA) is 43.8 Å². The van der Waals surface area contributed by atoms with Crippen LogP contribution in [0.3, 0.4) is 0 Å². The summed E-state index contributed by atoms with van der Waals surface area (Å²) >= 11 is 0. The SMILES string of the molecule is NCc1cccc(-c2cnn(-c3ccccc3)c2)c1. The summed E-state index contributed by atoms with van der Waals surface area (Å²) in [5.74, 6) is 0. The van der Waals surface area contributed by atoms with Crippen LogP contribution in [-0.4, -0.2) is 9.78 Å². The van der Waals surface area contributed by atoms with Gasteiger partial charge in [-0.05, 0) is 29.3 Å². The first-order chi connectivity index (χ1) is 9.36. The number of hydrogen-bond donors (Lipinski definition) is 1. The summed E-state index contributed by atoms with van der Waals surface area (Å²) in [5.41, 5.74) is 10.1. The van der Waals surface area contributed by atoms with Gasteiger partial charge in [0, 0.05) is 18.3 Å². The van der Waals surface area contributed by atoms with E-state index in [0.717, 1.165) is 22.4 Å². The minimum absolute atomic E-state index is 0.556. The van der Waals surface area contributed by atoms with Gasteiger partial charge in [0.25, 0.3) is 0 Å². The first-order valence-corrected chi connectivity index (χ1v) is 6.26. The minimum Gasteiger partial charge on any atom is -0.326 e. The summed E-state index contributed by atoms with van der Waals surface area (Å²) in [6.07, 6.45) is 3.91. The van der Waals surface area contributed by atoms with Crippen molar-refractivity contribution in [3.8, 4) is 16.8 Å². The van der Waals surface area contributed by atoms with Crippen LogP contribution in [0.1, 0.15) is 5.56 Å². The molecular formula is C16H15N3. The Balaban J connectivity index is 1.97. The third-order valence-corrected chi connectivity index (χ3v) is 3.10. The number of rotatable bonds is 3.